The van der Waals surface area contributed by atoms with Crippen LogP contribution in [0.2, 0.25) is 0 Å². The van der Waals surface area contributed by atoms with Crippen molar-refractivity contribution >= 4 is 12.0 Å². The second-order valence-electron chi connectivity index (χ2n) is 5.26. The lowest BCUT2D eigenvalue weighted by molar-refractivity contribution is -0.143. The minimum absolute atomic E-state index is 0.241. The molecule has 2 atom stereocenters. The predicted molar refractivity (Wildman–Crippen MR) is 77.7 cm³/mol. The molecule has 0 spiro atoms. The van der Waals surface area contributed by atoms with Crippen molar-refractivity contribution in [1.82, 2.24) is 15.5 Å². The number of hydrogen-bond acceptors (Lipinski definition) is 3. The molecule has 0 radical (unpaired) electrons. The molecule has 0 heterocycles. The summed E-state index contributed by atoms with van der Waals surface area (Å²) in [6.45, 7) is 7.49. The minimum atomic E-state index is -0.807. The highest BCUT2D eigenvalue weighted by molar-refractivity contribution is 5.76. The van der Waals surface area contributed by atoms with Crippen molar-refractivity contribution in [3.63, 3.8) is 0 Å². The predicted octanol–water partition coefficient (Wildman–Crippen LogP) is 1.27. The normalized spacial score (nSPS) is 22.6. The number of nitrogens with one attached hydrogen (secondary N) is 2. The molecule has 1 aliphatic rings. The summed E-state index contributed by atoms with van der Waals surface area (Å²) in [5, 5.41) is 14.8. The van der Waals surface area contributed by atoms with Crippen LogP contribution >= 0.6 is 0 Å². The molecular weight excluding hydrogens is 258 g/mol. The van der Waals surface area contributed by atoms with Crippen molar-refractivity contribution in [2.24, 2.45) is 5.92 Å². The minimum Gasteiger partial charge on any atom is -0.481 e. The molecule has 0 saturated heterocycles. The van der Waals surface area contributed by atoms with Crippen molar-refractivity contribution in [3.8, 4) is 0 Å². The fourth-order valence-corrected chi connectivity index (χ4v) is 2.69. The van der Waals surface area contributed by atoms with Crippen molar-refractivity contribution in [1.29, 1.82) is 0 Å². The molecule has 1 saturated carbocycles. The second kappa shape index (κ2) is 8.79. The van der Waals surface area contributed by atoms with Crippen LogP contribution in [0.5, 0.6) is 0 Å². The highest BCUT2D eigenvalue weighted by atomic mass is 16.4. The van der Waals surface area contributed by atoms with E-state index in [1.807, 2.05) is 0 Å². The molecule has 0 aromatic rings. The van der Waals surface area contributed by atoms with E-state index in [1.54, 1.807) is 0 Å². The summed E-state index contributed by atoms with van der Waals surface area (Å²) in [5.74, 6) is -1.25. The van der Waals surface area contributed by atoms with Gasteiger partial charge in [-0.1, -0.05) is 26.7 Å². The van der Waals surface area contributed by atoms with Crippen LogP contribution < -0.4 is 10.6 Å². The van der Waals surface area contributed by atoms with E-state index >= 15 is 0 Å². The zero-order valence-electron chi connectivity index (χ0n) is 12.5. The van der Waals surface area contributed by atoms with Crippen molar-refractivity contribution in [2.45, 2.75) is 45.6 Å². The Kier molecular flexibility index (Phi) is 7.36. The van der Waals surface area contributed by atoms with E-state index < -0.39 is 11.9 Å². The summed E-state index contributed by atoms with van der Waals surface area (Å²) < 4.78 is 0. The average molecular weight is 285 g/mol. The molecule has 6 nitrogen and oxygen atoms in total. The zero-order chi connectivity index (χ0) is 15.0. The monoisotopic (exact) mass is 285 g/mol. The van der Waals surface area contributed by atoms with Gasteiger partial charge in [0.05, 0.1) is 5.92 Å². The molecule has 1 rings (SSSR count). The van der Waals surface area contributed by atoms with E-state index in [4.69, 9.17) is 5.11 Å². The van der Waals surface area contributed by atoms with Gasteiger partial charge in [0.15, 0.2) is 0 Å². The summed E-state index contributed by atoms with van der Waals surface area (Å²) in [4.78, 5) is 25.2. The van der Waals surface area contributed by atoms with Gasteiger partial charge in [-0.05, 0) is 25.9 Å². The Labute approximate surface area is 120 Å². The fraction of sp³-hybridized carbons (Fsp3) is 0.857. The first-order valence-corrected chi connectivity index (χ1v) is 7.58. The van der Waals surface area contributed by atoms with Gasteiger partial charge in [-0.25, -0.2) is 4.79 Å². The standard InChI is InChI=1S/C14H27N3O3/c1-3-17(4-2)10-9-15-14(20)16-12-8-6-5-7-11(12)13(18)19/h11-12H,3-10H2,1-2H3,(H,18,19)(H2,15,16,20). The Bertz CT molecular complexity index is 319. The summed E-state index contributed by atoms with van der Waals surface area (Å²) >= 11 is 0. The van der Waals surface area contributed by atoms with Gasteiger partial charge in [-0.2, -0.15) is 0 Å². The average Bonchev–Trinajstić information content (AvgIpc) is 2.44. The van der Waals surface area contributed by atoms with Crippen LogP contribution in [0.1, 0.15) is 39.5 Å². The van der Waals surface area contributed by atoms with Crippen molar-refractivity contribution in [2.75, 3.05) is 26.2 Å². The lowest BCUT2D eigenvalue weighted by atomic mass is 9.84. The Morgan fingerprint density at radius 2 is 1.85 bits per heavy atom. The molecular formula is C14H27N3O3. The molecule has 116 valence electrons. The first-order valence-electron chi connectivity index (χ1n) is 7.58. The number of aliphatic carboxylic acids is 1. The maximum atomic E-state index is 11.8. The van der Waals surface area contributed by atoms with Crippen molar-refractivity contribution in [3.05, 3.63) is 0 Å². The van der Waals surface area contributed by atoms with Gasteiger partial charge >= 0.3 is 12.0 Å². The van der Waals surface area contributed by atoms with Crippen LogP contribution in [0.3, 0.4) is 0 Å². The highest BCUT2D eigenvalue weighted by Crippen LogP contribution is 2.24. The number of carbonyl (C=O) groups is 2. The van der Waals surface area contributed by atoms with Gasteiger partial charge in [0.2, 0.25) is 0 Å². The first kappa shape index (κ1) is 16.8. The number of urea groups is 1. The van der Waals surface area contributed by atoms with Crippen LogP contribution in [0.4, 0.5) is 4.79 Å². The third-order valence-corrected chi connectivity index (χ3v) is 4.01. The van der Waals surface area contributed by atoms with Gasteiger partial charge in [0, 0.05) is 19.1 Å². The molecule has 0 aliphatic heterocycles. The zero-order valence-corrected chi connectivity index (χ0v) is 12.5. The van der Waals surface area contributed by atoms with E-state index in [0.717, 1.165) is 38.9 Å². The summed E-state index contributed by atoms with van der Waals surface area (Å²) in [6.07, 6.45) is 3.31. The Hall–Kier alpha value is -1.30. The number of likely N-dealkylation sites (N-methyl/N-ethyl adjacent to an activating group) is 1. The van der Waals surface area contributed by atoms with Crippen LogP contribution in [0.25, 0.3) is 0 Å². The number of carbonyl (C=O) groups excluding carboxylic acids is 1. The topological polar surface area (TPSA) is 81.7 Å². The Morgan fingerprint density at radius 3 is 2.45 bits per heavy atom. The van der Waals surface area contributed by atoms with E-state index in [0.29, 0.717) is 13.0 Å². The van der Waals surface area contributed by atoms with Crippen LogP contribution in [-0.2, 0) is 4.79 Å². The Balaban J connectivity index is 2.31. The molecule has 6 heteroatoms. The van der Waals surface area contributed by atoms with Crippen LogP contribution in [0, 0.1) is 5.92 Å². The van der Waals surface area contributed by atoms with E-state index in [9.17, 15) is 9.59 Å². The lowest BCUT2D eigenvalue weighted by Gasteiger charge is -2.29. The first-order chi connectivity index (χ1) is 9.58. The largest absolute Gasteiger partial charge is 0.481 e. The number of amides is 2. The smallest absolute Gasteiger partial charge is 0.315 e. The van der Waals surface area contributed by atoms with E-state index in [2.05, 4.69) is 29.4 Å². The quantitative estimate of drug-likeness (QED) is 0.658. The summed E-state index contributed by atoms with van der Waals surface area (Å²) in [6, 6.07) is -0.495. The van der Waals surface area contributed by atoms with Gasteiger partial charge < -0.3 is 20.6 Å². The molecule has 1 aliphatic carbocycles. The molecule has 2 amide bonds. The van der Waals surface area contributed by atoms with Crippen LogP contribution in [-0.4, -0.2) is 54.2 Å². The summed E-state index contributed by atoms with van der Waals surface area (Å²) in [5.41, 5.74) is 0. The number of carboxylic acids is 1. The third-order valence-electron chi connectivity index (χ3n) is 4.01. The fourth-order valence-electron chi connectivity index (χ4n) is 2.69. The summed E-state index contributed by atoms with van der Waals surface area (Å²) in [7, 11) is 0. The molecule has 3 N–H and O–H groups in total. The second-order valence-corrected chi connectivity index (χ2v) is 5.26. The highest BCUT2D eigenvalue weighted by Gasteiger charge is 2.31. The molecule has 0 aromatic heterocycles. The maximum Gasteiger partial charge on any atom is 0.315 e. The molecule has 2 unspecified atom stereocenters. The number of hydrogen-bond donors (Lipinski definition) is 3. The lowest BCUT2D eigenvalue weighted by Crippen LogP contribution is -2.49. The Morgan fingerprint density at radius 1 is 1.20 bits per heavy atom. The van der Waals surface area contributed by atoms with E-state index in [-0.39, 0.29) is 12.1 Å². The number of carboxylic acid groups (broad SMARTS) is 1. The van der Waals surface area contributed by atoms with Gasteiger partial charge in [0.25, 0.3) is 0 Å². The SMILES string of the molecule is CCN(CC)CCNC(=O)NC1CCCCC1C(=O)O. The van der Waals surface area contributed by atoms with Crippen molar-refractivity contribution < 1.29 is 14.7 Å². The number of rotatable bonds is 7. The van der Waals surface area contributed by atoms with Crippen LogP contribution in [0.15, 0.2) is 0 Å². The number of nitrogens with zero attached hydrogens (tertiary/aromatic N) is 1. The molecule has 20 heavy (non-hydrogen) atoms. The van der Waals surface area contributed by atoms with Gasteiger partial charge in [-0.3, -0.25) is 4.79 Å². The van der Waals surface area contributed by atoms with Gasteiger partial charge in [-0.15, -0.1) is 0 Å². The molecule has 0 bridgehead atoms. The molecule has 0 aromatic carbocycles. The van der Waals surface area contributed by atoms with Gasteiger partial charge in [0.1, 0.15) is 0 Å². The van der Waals surface area contributed by atoms with E-state index in [1.165, 1.54) is 0 Å². The maximum absolute atomic E-state index is 11.8. The third kappa shape index (κ3) is 5.36. The molecule has 1 fully saturated rings.